The van der Waals surface area contributed by atoms with Crippen LogP contribution in [0.25, 0.3) is 17.1 Å². The maximum absolute atomic E-state index is 12.3. The van der Waals surface area contributed by atoms with Crippen LogP contribution in [0, 0.1) is 5.92 Å². The quantitative estimate of drug-likeness (QED) is 0.594. The predicted octanol–water partition coefficient (Wildman–Crippen LogP) is 4.91. The van der Waals surface area contributed by atoms with E-state index in [0.717, 1.165) is 25.5 Å². The van der Waals surface area contributed by atoms with Gasteiger partial charge in [-0.15, -0.1) is 11.3 Å². The van der Waals surface area contributed by atoms with E-state index in [2.05, 4.69) is 45.1 Å². The minimum atomic E-state index is -0.162. The van der Waals surface area contributed by atoms with Crippen molar-refractivity contribution in [3.05, 3.63) is 57.0 Å². The molecule has 1 amide bonds. The number of benzene rings is 1. The molecule has 2 N–H and O–H groups in total. The molecule has 4 nitrogen and oxygen atoms in total. The number of H-pyrrole nitrogens is 1. The Hall–Kier alpha value is -1.92. The monoisotopic (exact) mass is 403 g/mol. The Kier molecular flexibility index (Phi) is 5.16. The summed E-state index contributed by atoms with van der Waals surface area (Å²) in [5, 5.41) is 3.04. The lowest BCUT2D eigenvalue weighted by atomic mass is 10.0. The van der Waals surface area contributed by atoms with Crippen molar-refractivity contribution in [1.29, 1.82) is 0 Å². The lowest BCUT2D eigenvalue weighted by Gasteiger charge is -2.19. The van der Waals surface area contributed by atoms with Gasteiger partial charge in [0.05, 0.1) is 20.9 Å². The Morgan fingerprint density at radius 3 is 2.75 bits per heavy atom. The first kappa shape index (κ1) is 16.9. The van der Waals surface area contributed by atoms with Crippen molar-refractivity contribution in [1.82, 2.24) is 15.3 Å². The van der Waals surface area contributed by atoms with Crippen LogP contribution in [0.3, 0.4) is 0 Å². The van der Waals surface area contributed by atoms with E-state index in [-0.39, 0.29) is 17.9 Å². The molecule has 0 aliphatic rings. The number of imidazole rings is 1. The van der Waals surface area contributed by atoms with Gasteiger partial charge in [-0.05, 0) is 52.2 Å². The largest absolute Gasteiger partial charge is 0.342 e. The fraction of sp³-hybridized carbons (Fsp3) is 0.222. The van der Waals surface area contributed by atoms with Crippen LogP contribution in [0.1, 0.15) is 30.6 Å². The summed E-state index contributed by atoms with van der Waals surface area (Å²) in [5.74, 6) is 0.879. The number of thiophene rings is 1. The number of para-hydroxylation sites is 2. The number of halogens is 1. The van der Waals surface area contributed by atoms with Crippen molar-refractivity contribution >= 4 is 50.3 Å². The van der Waals surface area contributed by atoms with Crippen molar-refractivity contribution in [2.45, 2.75) is 19.9 Å². The average Bonchev–Trinajstić information content (AvgIpc) is 3.16. The van der Waals surface area contributed by atoms with Crippen LogP contribution in [0.15, 0.2) is 46.3 Å². The number of nitrogens with one attached hydrogen (secondary N) is 2. The molecule has 2 aromatic heterocycles. The fourth-order valence-corrected chi connectivity index (χ4v) is 3.77. The SMILES string of the molecule is CC(C)C(NC(=O)/C=C/c1ccc(Br)s1)c1nc2ccccc2[nH]1. The Labute approximate surface area is 153 Å². The minimum absolute atomic E-state index is 0.126. The predicted molar refractivity (Wildman–Crippen MR) is 103 cm³/mol. The number of rotatable bonds is 5. The standard InChI is InChI=1S/C18H18BrN3OS/c1-11(2)17(18-20-13-5-3-4-6-14(13)21-18)22-16(23)10-8-12-7-9-15(19)24-12/h3-11,17H,1-2H3,(H,20,21)(H,22,23)/b10-8+. The number of amides is 1. The molecule has 6 heteroatoms. The zero-order valence-electron chi connectivity index (χ0n) is 13.4. The van der Waals surface area contributed by atoms with Crippen LogP contribution in [0.4, 0.5) is 0 Å². The topological polar surface area (TPSA) is 57.8 Å². The second kappa shape index (κ2) is 7.32. The molecule has 1 aromatic carbocycles. The maximum atomic E-state index is 12.3. The third-order valence-electron chi connectivity index (χ3n) is 3.66. The first-order valence-corrected chi connectivity index (χ1v) is 9.32. The third kappa shape index (κ3) is 3.94. The second-order valence-electron chi connectivity index (χ2n) is 5.84. The number of fused-ring (bicyclic) bond motifs is 1. The van der Waals surface area contributed by atoms with Crippen molar-refractivity contribution in [2.75, 3.05) is 0 Å². The maximum Gasteiger partial charge on any atom is 0.244 e. The van der Waals surface area contributed by atoms with E-state index in [1.54, 1.807) is 17.4 Å². The van der Waals surface area contributed by atoms with E-state index >= 15 is 0 Å². The van der Waals surface area contributed by atoms with Crippen molar-refractivity contribution in [3.63, 3.8) is 0 Å². The molecule has 3 aromatic rings. The summed E-state index contributed by atoms with van der Waals surface area (Å²) in [7, 11) is 0. The minimum Gasteiger partial charge on any atom is -0.342 e. The molecule has 0 spiro atoms. The van der Waals surface area contributed by atoms with Gasteiger partial charge in [0.1, 0.15) is 5.82 Å². The van der Waals surface area contributed by atoms with E-state index in [0.29, 0.717) is 0 Å². The fourth-order valence-electron chi connectivity index (χ4n) is 2.45. The number of hydrogen-bond acceptors (Lipinski definition) is 3. The van der Waals surface area contributed by atoms with Gasteiger partial charge in [0.2, 0.25) is 5.91 Å². The summed E-state index contributed by atoms with van der Waals surface area (Å²) < 4.78 is 1.05. The smallest absolute Gasteiger partial charge is 0.244 e. The molecular formula is C18H18BrN3OS. The number of nitrogens with zero attached hydrogens (tertiary/aromatic N) is 1. The zero-order valence-corrected chi connectivity index (χ0v) is 15.8. The van der Waals surface area contributed by atoms with Gasteiger partial charge in [0.25, 0.3) is 0 Å². The number of hydrogen-bond donors (Lipinski definition) is 2. The third-order valence-corrected chi connectivity index (χ3v) is 5.25. The summed E-state index contributed by atoms with van der Waals surface area (Å²) in [6.07, 6.45) is 3.39. The first-order valence-electron chi connectivity index (χ1n) is 7.71. The van der Waals surface area contributed by atoms with Crippen LogP contribution in [-0.2, 0) is 4.79 Å². The van der Waals surface area contributed by atoms with Gasteiger partial charge in [0, 0.05) is 11.0 Å². The summed E-state index contributed by atoms with van der Waals surface area (Å²) in [5.41, 5.74) is 1.89. The molecule has 1 unspecified atom stereocenters. The highest BCUT2D eigenvalue weighted by Gasteiger charge is 2.20. The lowest BCUT2D eigenvalue weighted by Crippen LogP contribution is -2.31. The van der Waals surface area contributed by atoms with E-state index in [1.807, 2.05) is 42.5 Å². The van der Waals surface area contributed by atoms with Crippen LogP contribution in [0.5, 0.6) is 0 Å². The van der Waals surface area contributed by atoms with E-state index in [1.165, 1.54) is 0 Å². The van der Waals surface area contributed by atoms with Crippen molar-refractivity contribution in [3.8, 4) is 0 Å². The summed E-state index contributed by atoms with van der Waals surface area (Å²) in [6.45, 7) is 4.14. The second-order valence-corrected chi connectivity index (χ2v) is 8.34. The molecular weight excluding hydrogens is 386 g/mol. The van der Waals surface area contributed by atoms with Crippen LogP contribution < -0.4 is 5.32 Å². The van der Waals surface area contributed by atoms with Crippen LogP contribution >= 0.6 is 27.3 Å². The summed E-state index contributed by atoms with van der Waals surface area (Å²) in [4.78, 5) is 21.2. The van der Waals surface area contributed by atoms with Crippen molar-refractivity contribution < 1.29 is 4.79 Å². The van der Waals surface area contributed by atoms with Crippen molar-refractivity contribution in [2.24, 2.45) is 5.92 Å². The first-order chi connectivity index (χ1) is 11.5. The molecule has 0 fully saturated rings. The molecule has 3 rings (SSSR count). The zero-order chi connectivity index (χ0) is 17.1. The highest BCUT2D eigenvalue weighted by atomic mass is 79.9. The summed E-state index contributed by atoms with van der Waals surface area (Å²) >= 11 is 5.00. The molecule has 0 saturated carbocycles. The normalized spacial score (nSPS) is 13.0. The highest BCUT2D eigenvalue weighted by Crippen LogP contribution is 2.24. The number of carbonyl (C=O) groups is 1. The Balaban J connectivity index is 1.76. The van der Waals surface area contributed by atoms with Gasteiger partial charge in [-0.2, -0.15) is 0 Å². The van der Waals surface area contributed by atoms with Gasteiger partial charge in [-0.25, -0.2) is 4.98 Å². The average molecular weight is 404 g/mol. The molecule has 0 bridgehead atoms. The Morgan fingerprint density at radius 2 is 2.08 bits per heavy atom. The molecule has 0 aliphatic carbocycles. The molecule has 0 aliphatic heterocycles. The van der Waals surface area contributed by atoms with E-state index in [9.17, 15) is 4.79 Å². The van der Waals surface area contributed by atoms with Gasteiger partial charge in [-0.3, -0.25) is 4.79 Å². The van der Waals surface area contributed by atoms with Crippen LogP contribution in [-0.4, -0.2) is 15.9 Å². The lowest BCUT2D eigenvalue weighted by molar-refractivity contribution is -0.117. The molecule has 0 radical (unpaired) electrons. The number of aromatic amines is 1. The number of carbonyl (C=O) groups excluding carboxylic acids is 1. The van der Waals surface area contributed by atoms with Gasteiger partial charge in [-0.1, -0.05) is 26.0 Å². The van der Waals surface area contributed by atoms with Gasteiger partial charge in [0.15, 0.2) is 0 Å². The summed E-state index contributed by atoms with van der Waals surface area (Å²) in [6, 6.07) is 11.6. The molecule has 0 saturated heterocycles. The molecule has 2 heterocycles. The van der Waals surface area contributed by atoms with Gasteiger partial charge < -0.3 is 10.3 Å². The van der Waals surface area contributed by atoms with E-state index < -0.39 is 0 Å². The molecule has 24 heavy (non-hydrogen) atoms. The molecule has 1 atom stereocenters. The van der Waals surface area contributed by atoms with Crippen LogP contribution in [0.2, 0.25) is 0 Å². The Morgan fingerprint density at radius 1 is 1.29 bits per heavy atom. The highest BCUT2D eigenvalue weighted by molar-refractivity contribution is 9.11. The Bertz CT molecular complexity index is 848. The van der Waals surface area contributed by atoms with Gasteiger partial charge >= 0.3 is 0 Å². The molecule has 124 valence electrons. The van der Waals surface area contributed by atoms with E-state index in [4.69, 9.17) is 0 Å². The number of aromatic nitrogens is 2.